The number of benzene rings is 1. The van der Waals surface area contributed by atoms with Crippen LogP contribution in [0.1, 0.15) is 22.2 Å². The number of carbonyl (C=O) groups is 2. The fourth-order valence-electron chi connectivity index (χ4n) is 2.86. The van der Waals surface area contributed by atoms with Gasteiger partial charge < -0.3 is 19.5 Å². The van der Waals surface area contributed by atoms with Gasteiger partial charge in [-0.25, -0.2) is 4.79 Å². The summed E-state index contributed by atoms with van der Waals surface area (Å²) in [5.41, 5.74) is 2.43. The van der Waals surface area contributed by atoms with E-state index in [0.29, 0.717) is 15.7 Å². The van der Waals surface area contributed by atoms with Crippen molar-refractivity contribution in [1.82, 2.24) is 14.8 Å². The summed E-state index contributed by atoms with van der Waals surface area (Å²) in [4.78, 5) is 27.5. The van der Waals surface area contributed by atoms with Crippen LogP contribution in [0.25, 0.3) is 11.4 Å². The predicted octanol–water partition coefficient (Wildman–Crippen LogP) is 3.83. The van der Waals surface area contributed by atoms with E-state index in [1.165, 1.54) is 23.1 Å². The number of amides is 1. The molecule has 0 unspecified atom stereocenters. The maximum absolute atomic E-state index is 12.5. The Morgan fingerprint density at radius 1 is 1.23 bits per heavy atom. The van der Waals surface area contributed by atoms with Crippen molar-refractivity contribution in [3.63, 3.8) is 0 Å². The standard InChI is InChI=1S/C21H25N5O3S2/c1-6-29-20(28)16-11-13(2)31-19(16)22-17(27)12-30-21-24-23-18(26(21)5)14-7-9-15(10-8-14)25(3)4/h7-11H,6,12H2,1-5H3,(H,22,27). The normalized spacial score (nSPS) is 10.7. The molecule has 3 aromatic rings. The Kier molecular flexibility index (Phi) is 7.34. The number of aromatic nitrogens is 3. The molecule has 1 aromatic carbocycles. The average Bonchev–Trinajstić information content (AvgIpc) is 3.28. The van der Waals surface area contributed by atoms with E-state index in [0.717, 1.165) is 22.0 Å². The third kappa shape index (κ3) is 5.45. The van der Waals surface area contributed by atoms with E-state index >= 15 is 0 Å². The zero-order chi connectivity index (χ0) is 22.5. The Morgan fingerprint density at radius 2 is 1.94 bits per heavy atom. The summed E-state index contributed by atoms with van der Waals surface area (Å²) in [5.74, 6) is 0.210. The molecule has 0 radical (unpaired) electrons. The number of nitrogens with zero attached hydrogens (tertiary/aromatic N) is 4. The first-order valence-corrected chi connectivity index (χ1v) is 11.5. The summed E-state index contributed by atoms with van der Waals surface area (Å²) in [5, 5.41) is 12.4. The Balaban J connectivity index is 1.65. The van der Waals surface area contributed by atoms with Gasteiger partial charge >= 0.3 is 5.97 Å². The second kappa shape index (κ2) is 9.97. The van der Waals surface area contributed by atoms with Gasteiger partial charge in [-0.2, -0.15) is 0 Å². The number of rotatable bonds is 8. The molecule has 0 bridgehead atoms. The number of hydrogen-bond donors (Lipinski definition) is 1. The first-order chi connectivity index (χ1) is 14.8. The van der Waals surface area contributed by atoms with Crippen LogP contribution in [0, 0.1) is 6.92 Å². The van der Waals surface area contributed by atoms with Gasteiger partial charge in [-0.3, -0.25) is 4.79 Å². The van der Waals surface area contributed by atoms with Crippen LogP contribution in [0.2, 0.25) is 0 Å². The minimum atomic E-state index is -0.437. The molecule has 31 heavy (non-hydrogen) atoms. The molecule has 8 nitrogen and oxygen atoms in total. The van der Waals surface area contributed by atoms with Crippen LogP contribution >= 0.6 is 23.1 Å². The summed E-state index contributed by atoms with van der Waals surface area (Å²) in [6.07, 6.45) is 0. The maximum Gasteiger partial charge on any atom is 0.341 e. The lowest BCUT2D eigenvalue weighted by Crippen LogP contribution is -2.16. The van der Waals surface area contributed by atoms with E-state index in [2.05, 4.69) is 15.5 Å². The van der Waals surface area contributed by atoms with E-state index < -0.39 is 5.97 Å². The minimum Gasteiger partial charge on any atom is -0.462 e. The second-order valence-corrected chi connectivity index (χ2v) is 9.16. The molecule has 1 amide bonds. The molecule has 10 heteroatoms. The highest BCUT2D eigenvalue weighted by molar-refractivity contribution is 7.99. The molecule has 3 rings (SSSR count). The van der Waals surface area contributed by atoms with Crippen molar-refractivity contribution in [1.29, 1.82) is 0 Å². The van der Waals surface area contributed by atoms with Crippen LogP contribution in [0.4, 0.5) is 10.7 Å². The van der Waals surface area contributed by atoms with Crippen LogP contribution in [0.5, 0.6) is 0 Å². The predicted molar refractivity (Wildman–Crippen MR) is 125 cm³/mol. The molecule has 0 saturated carbocycles. The number of aryl methyl sites for hydroxylation is 1. The second-order valence-electron chi connectivity index (χ2n) is 6.96. The van der Waals surface area contributed by atoms with E-state index in [4.69, 9.17) is 4.74 Å². The first kappa shape index (κ1) is 22.8. The van der Waals surface area contributed by atoms with Crippen LogP contribution in [-0.2, 0) is 16.6 Å². The Hall–Kier alpha value is -2.85. The van der Waals surface area contributed by atoms with Crippen molar-refractivity contribution in [2.75, 3.05) is 36.7 Å². The van der Waals surface area contributed by atoms with Crippen LogP contribution in [0.15, 0.2) is 35.5 Å². The van der Waals surface area contributed by atoms with Gasteiger partial charge in [0.1, 0.15) is 5.00 Å². The van der Waals surface area contributed by atoms with Gasteiger partial charge in [-0.1, -0.05) is 11.8 Å². The fraction of sp³-hybridized carbons (Fsp3) is 0.333. The fourth-order valence-corrected chi connectivity index (χ4v) is 4.49. The average molecular weight is 460 g/mol. The van der Waals surface area contributed by atoms with E-state index in [1.807, 2.05) is 61.8 Å². The first-order valence-electron chi connectivity index (χ1n) is 9.67. The Morgan fingerprint density at radius 3 is 2.58 bits per heavy atom. The van der Waals surface area contributed by atoms with Crippen LogP contribution in [0.3, 0.4) is 0 Å². The highest BCUT2D eigenvalue weighted by Crippen LogP contribution is 2.29. The molecule has 2 aromatic heterocycles. The summed E-state index contributed by atoms with van der Waals surface area (Å²) >= 11 is 2.63. The number of hydrogen-bond acceptors (Lipinski definition) is 8. The van der Waals surface area contributed by atoms with Crippen molar-refractivity contribution in [3.8, 4) is 11.4 Å². The molecule has 0 aliphatic carbocycles. The van der Waals surface area contributed by atoms with Gasteiger partial charge in [0.05, 0.1) is 17.9 Å². The number of esters is 1. The summed E-state index contributed by atoms with van der Waals surface area (Å²) in [6, 6.07) is 9.76. The van der Waals surface area contributed by atoms with E-state index in [1.54, 1.807) is 13.0 Å². The minimum absolute atomic E-state index is 0.144. The molecule has 1 N–H and O–H groups in total. The number of thiophene rings is 1. The summed E-state index contributed by atoms with van der Waals surface area (Å²) in [6.45, 7) is 3.91. The zero-order valence-corrected chi connectivity index (χ0v) is 19.8. The van der Waals surface area contributed by atoms with Crippen molar-refractivity contribution in [2.45, 2.75) is 19.0 Å². The van der Waals surface area contributed by atoms with Crippen molar-refractivity contribution < 1.29 is 14.3 Å². The van der Waals surface area contributed by atoms with E-state index in [9.17, 15) is 9.59 Å². The van der Waals surface area contributed by atoms with E-state index in [-0.39, 0.29) is 18.3 Å². The quantitative estimate of drug-likeness (QED) is 0.404. The highest BCUT2D eigenvalue weighted by atomic mass is 32.2. The zero-order valence-electron chi connectivity index (χ0n) is 18.1. The number of nitrogens with one attached hydrogen (secondary N) is 1. The Labute approximate surface area is 189 Å². The third-order valence-corrected chi connectivity index (χ3v) is 6.40. The molecule has 164 valence electrons. The Bertz CT molecular complexity index is 1070. The molecule has 0 fully saturated rings. The summed E-state index contributed by atoms with van der Waals surface area (Å²) in [7, 11) is 5.85. The number of carbonyl (C=O) groups excluding carboxylic acids is 2. The topological polar surface area (TPSA) is 89.3 Å². The van der Waals surface area contributed by atoms with Gasteiger partial charge in [0.2, 0.25) is 5.91 Å². The molecule has 0 atom stereocenters. The van der Waals surface area contributed by atoms with Crippen LogP contribution < -0.4 is 10.2 Å². The molecule has 0 saturated heterocycles. The molecule has 2 heterocycles. The lowest BCUT2D eigenvalue weighted by Gasteiger charge is -2.12. The van der Waals surface area contributed by atoms with Gasteiger partial charge in [0, 0.05) is 37.3 Å². The molecule has 0 aliphatic heterocycles. The van der Waals surface area contributed by atoms with Gasteiger partial charge in [-0.05, 0) is 44.2 Å². The number of thioether (sulfide) groups is 1. The van der Waals surface area contributed by atoms with Crippen molar-refractivity contribution in [3.05, 3.63) is 40.8 Å². The molecule has 0 aliphatic rings. The molecular formula is C21H25N5O3S2. The third-order valence-electron chi connectivity index (χ3n) is 4.41. The highest BCUT2D eigenvalue weighted by Gasteiger charge is 2.19. The molecular weight excluding hydrogens is 434 g/mol. The number of anilines is 2. The molecule has 0 spiro atoms. The van der Waals surface area contributed by atoms with Crippen LogP contribution in [-0.4, -0.2) is 53.1 Å². The monoisotopic (exact) mass is 459 g/mol. The maximum atomic E-state index is 12.5. The lowest BCUT2D eigenvalue weighted by atomic mass is 10.2. The largest absolute Gasteiger partial charge is 0.462 e. The van der Waals surface area contributed by atoms with Gasteiger partial charge in [-0.15, -0.1) is 21.5 Å². The van der Waals surface area contributed by atoms with Gasteiger partial charge in [0.15, 0.2) is 11.0 Å². The van der Waals surface area contributed by atoms with Crippen molar-refractivity contribution >= 4 is 45.7 Å². The SMILES string of the molecule is CCOC(=O)c1cc(C)sc1NC(=O)CSc1nnc(-c2ccc(N(C)C)cc2)n1C. The lowest BCUT2D eigenvalue weighted by molar-refractivity contribution is -0.113. The van der Waals surface area contributed by atoms with Gasteiger partial charge in [0.25, 0.3) is 0 Å². The smallest absolute Gasteiger partial charge is 0.341 e. The van der Waals surface area contributed by atoms with Crippen molar-refractivity contribution in [2.24, 2.45) is 7.05 Å². The number of ether oxygens (including phenoxy) is 1. The summed E-state index contributed by atoms with van der Waals surface area (Å²) < 4.78 is 6.92.